The molecule has 1 atom stereocenters. The number of carbonyl (C=O) groups excluding carboxylic acids is 1. The number of esters is 1. The topological polar surface area (TPSA) is 61.5 Å². The number of hydrogen-bond acceptors (Lipinski definition) is 4. The average molecular weight is 230 g/mol. The van der Waals surface area contributed by atoms with Gasteiger partial charge in [-0.25, -0.2) is 0 Å². The highest BCUT2D eigenvalue weighted by Crippen LogP contribution is 2.27. The van der Waals surface area contributed by atoms with Gasteiger partial charge < -0.3 is 15.2 Å². The van der Waals surface area contributed by atoms with Gasteiger partial charge in [0.15, 0.2) is 0 Å². The van der Waals surface area contributed by atoms with E-state index in [4.69, 9.17) is 22.1 Å². The van der Waals surface area contributed by atoms with Crippen molar-refractivity contribution in [3.63, 3.8) is 0 Å². The molecule has 0 fully saturated rings. The summed E-state index contributed by atoms with van der Waals surface area (Å²) in [5, 5.41) is 0.491. The zero-order valence-corrected chi connectivity index (χ0v) is 9.25. The molecule has 0 heterocycles. The quantitative estimate of drug-likeness (QED) is 0.799. The molecule has 15 heavy (non-hydrogen) atoms. The number of benzene rings is 1. The second-order valence-corrected chi connectivity index (χ2v) is 3.32. The predicted molar refractivity (Wildman–Crippen MR) is 56.9 cm³/mol. The molecule has 0 aliphatic carbocycles. The highest BCUT2D eigenvalue weighted by molar-refractivity contribution is 6.30. The molecule has 0 unspecified atom stereocenters. The molecule has 0 saturated carbocycles. The molecule has 1 rings (SSSR count). The van der Waals surface area contributed by atoms with Crippen molar-refractivity contribution in [1.82, 2.24) is 0 Å². The summed E-state index contributed by atoms with van der Waals surface area (Å²) in [5.74, 6) is -0.0205. The number of carbonyl (C=O) groups is 1. The number of hydrogen-bond donors (Lipinski definition) is 1. The van der Waals surface area contributed by atoms with Crippen LogP contribution in [0.1, 0.15) is 11.6 Å². The lowest BCUT2D eigenvalue weighted by atomic mass is 10.1. The minimum Gasteiger partial charge on any atom is -0.496 e. The number of methoxy groups -OCH3 is 2. The minimum atomic E-state index is -0.886. The van der Waals surface area contributed by atoms with E-state index >= 15 is 0 Å². The summed E-state index contributed by atoms with van der Waals surface area (Å²) < 4.78 is 9.61. The molecule has 0 aromatic heterocycles. The molecular formula is C10H12ClNO3. The van der Waals surface area contributed by atoms with E-state index < -0.39 is 12.0 Å². The van der Waals surface area contributed by atoms with Gasteiger partial charge in [0.2, 0.25) is 0 Å². The molecule has 5 heteroatoms. The Morgan fingerprint density at radius 2 is 2.13 bits per heavy atom. The molecule has 0 bridgehead atoms. The Labute approximate surface area is 92.9 Å². The summed E-state index contributed by atoms with van der Waals surface area (Å²) in [4.78, 5) is 11.2. The Bertz CT molecular complexity index is 368. The summed E-state index contributed by atoms with van der Waals surface area (Å²) in [6, 6.07) is 4.01. The Morgan fingerprint density at radius 1 is 1.47 bits per heavy atom. The van der Waals surface area contributed by atoms with Gasteiger partial charge in [0.1, 0.15) is 11.8 Å². The van der Waals surface area contributed by atoms with Crippen molar-refractivity contribution in [2.24, 2.45) is 5.73 Å². The lowest BCUT2D eigenvalue weighted by Gasteiger charge is -2.13. The smallest absolute Gasteiger partial charge is 0.327 e. The van der Waals surface area contributed by atoms with Crippen LogP contribution >= 0.6 is 11.6 Å². The van der Waals surface area contributed by atoms with Crippen LogP contribution in [0.15, 0.2) is 18.2 Å². The molecule has 1 aromatic rings. The van der Waals surface area contributed by atoms with Gasteiger partial charge in [-0.05, 0) is 18.2 Å². The Morgan fingerprint density at radius 3 is 2.67 bits per heavy atom. The van der Waals surface area contributed by atoms with Crippen LogP contribution in [-0.4, -0.2) is 20.2 Å². The number of nitrogens with two attached hydrogens (primary N) is 1. The fraction of sp³-hybridized carbons (Fsp3) is 0.300. The molecule has 0 aliphatic heterocycles. The SMILES string of the molecule is COC(=O)[C@H](N)c1cc(Cl)ccc1OC. The standard InChI is InChI=1S/C10H12ClNO3/c1-14-8-4-3-6(11)5-7(8)9(12)10(13)15-2/h3-5,9H,12H2,1-2H3/t9-/m1/s1. The van der Waals surface area contributed by atoms with E-state index in [1.54, 1.807) is 18.2 Å². The van der Waals surface area contributed by atoms with Crippen LogP contribution in [0, 0.1) is 0 Å². The maximum absolute atomic E-state index is 11.2. The minimum absolute atomic E-state index is 0.491. The van der Waals surface area contributed by atoms with Crippen molar-refractivity contribution in [3.05, 3.63) is 28.8 Å². The van der Waals surface area contributed by atoms with Gasteiger partial charge >= 0.3 is 5.97 Å². The van der Waals surface area contributed by atoms with Crippen molar-refractivity contribution in [2.45, 2.75) is 6.04 Å². The number of halogens is 1. The van der Waals surface area contributed by atoms with Crippen molar-refractivity contribution in [1.29, 1.82) is 0 Å². The van der Waals surface area contributed by atoms with Crippen molar-refractivity contribution in [2.75, 3.05) is 14.2 Å². The number of ether oxygens (including phenoxy) is 2. The van der Waals surface area contributed by atoms with Gasteiger partial charge in [0, 0.05) is 10.6 Å². The molecule has 2 N–H and O–H groups in total. The first-order valence-corrected chi connectivity index (χ1v) is 4.64. The summed E-state index contributed by atoms with van der Waals surface area (Å²) in [6.07, 6.45) is 0. The maximum Gasteiger partial charge on any atom is 0.327 e. The first-order chi connectivity index (χ1) is 7.10. The van der Waals surface area contributed by atoms with E-state index in [0.717, 1.165) is 0 Å². The molecule has 0 radical (unpaired) electrons. The maximum atomic E-state index is 11.2. The Kier molecular flexibility index (Phi) is 3.94. The predicted octanol–water partition coefficient (Wildman–Crippen LogP) is 1.52. The molecular weight excluding hydrogens is 218 g/mol. The molecule has 0 spiro atoms. The van der Waals surface area contributed by atoms with Gasteiger partial charge in [-0.3, -0.25) is 4.79 Å². The second-order valence-electron chi connectivity index (χ2n) is 2.89. The van der Waals surface area contributed by atoms with E-state index in [-0.39, 0.29) is 0 Å². The highest BCUT2D eigenvalue weighted by Gasteiger charge is 2.20. The van der Waals surface area contributed by atoms with E-state index in [1.807, 2.05) is 0 Å². The van der Waals surface area contributed by atoms with Crippen LogP contribution in [0.3, 0.4) is 0 Å². The van der Waals surface area contributed by atoms with Gasteiger partial charge in [-0.2, -0.15) is 0 Å². The highest BCUT2D eigenvalue weighted by atomic mass is 35.5. The van der Waals surface area contributed by atoms with Crippen molar-refractivity contribution >= 4 is 17.6 Å². The van der Waals surface area contributed by atoms with Crippen LogP contribution in [0.5, 0.6) is 5.75 Å². The Hall–Kier alpha value is -1.26. The van der Waals surface area contributed by atoms with E-state index in [0.29, 0.717) is 16.3 Å². The molecule has 0 amide bonds. The normalized spacial score (nSPS) is 12.0. The van der Waals surface area contributed by atoms with E-state index in [9.17, 15) is 4.79 Å². The third kappa shape index (κ3) is 2.61. The van der Waals surface area contributed by atoms with Gasteiger partial charge in [0.25, 0.3) is 0 Å². The summed E-state index contributed by atoms with van der Waals surface area (Å²) >= 11 is 5.80. The van der Waals surface area contributed by atoms with Crippen LogP contribution in [-0.2, 0) is 9.53 Å². The third-order valence-corrected chi connectivity index (χ3v) is 2.22. The van der Waals surface area contributed by atoms with Crippen LogP contribution in [0.2, 0.25) is 5.02 Å². The van der Waals surface area contributed by atoms with Crippen LogP contribution < -0.4 is 10.5 Å². The summed E-state index contributed by atoms with van der Waals surface area (Å²) in [5.41, 5.74) is 6.19. The summed E-state index contributed by atoms with van der Waals surface area (Å²) in [6.45, 7) is 0. The molecule has 1 aromatic carbocycles. The van der Waals surface area contributed by atoms with Crippen molar-refractivity contribution in [3.8, 4) is 5.75 Å². The van der Waals surface area contributed by atoms with Crippen molar-refractivity contribution < 1.29 is 14.3 Å². The zero-order chi connectivity index (χ0) is 11.4. The van der Waals surface area contributed by atoms with Gasteiger partial charge in [0.05, 0.1) is 14.2 Å². The largest absolute Gasteiger partial charge is 0.496 e. The lowest BCUT2D eigenvalue weighted by Crippen LogP contribution is -2.23. The zero-order valence-electron chi connectivity index (χ0n) is 8.49. The van der Waals surface area contributed by atoms with E-state index in [1.165, 1.54) is 14.2 Å². The summed E-state index contributed by atoms with van der Waals surface area (Å²) in [7, 11) is 2.77. The third-order valence-electron chi connectivity index (χ3n) is 1.98. The Balaban J connectivity index is 3.10. The molecule has 0 saturated heterocycles. The lowest BCUT2D eigenvalue weighted by molar-refractivity contribution is -0.142. The van der Waals surface area contributed by atoms with E-state index in [2.05, 4.69) is 4.74 Å². The first-order valence-electron chi connectivity index (χ1n) is 4.27. The second kappa shape index (κ2) is 5.00. The monoisotopic (exact) mass is 229 g/mol. The van der Waals surface area contributed by atoms with Gasteiger partial charge in [-0.1, -0.05) is 11.6 Å². The molecule has 4 nitrogen and oxygen atoms in total. The fourth-order valence-electron chi connectivity index (χ4n) is 1.20. The van der Waals surface area contributed by atoms with Crippen LogP contribution in [0.4, 0.5) is 0 Å². The van der Waals surface area contributed by atoms with Gasteiger partial charge in [-0.15, -0.1) is 0 Å². The fourth-order valence-corrected chi connectivity index (χ4v) is 1.38. The number of rotatable bonds is 3. The average Bonchev–Trinajstić information content (AvgIpc) is 2.27. The van der Waals surface area contributed by atoms with Crippen LogP contribution in [0.25, 0.3) is 0 Å². The molecule has 0 aliphatic rings. The first kappa shape index (κ1) is 11.8. The molecule has 82 valence electrons.